The van der Waals surface area contributed by atoms with Gasteiger partial charge >= 0.3 is 12.1 Å². The van der Waals surface area contributed by atoms with Gasteiger partial charge in [0.05, 0.1) is 16.3 Å². The third kappa shape index (κ3) is 4.48. The van der Waals surface area contributed by atoms with Crippen LogP contribution in [-0.4, -0.2) is 31.2 Å². The number of rotatable bonds is 4. The van der Waals surface area contributed by atoms with Crippen LogP contribution in [0.25, 0.3) is 0 Å². The van der Waals surface area contributed by atoms with Crippen molar-refractivity contribution in [1.29, 1.82) is 0 Å². The van der Waals surface area contributed by atoms with Crippen LogP contribution in [0.4, 0.5) is 18.9 Å². The summed E-state index contributed by atoms with van der Waals surface area (Å²) in [4.78, 5) is 24.0. The molecule has 28 heavy (non-hydrogen) atoms. The zero-order valence-electron chi connectivity index (χ0n) is 14.1. The first-order chi connectivity index (χ1) is 13.3. The molecule has 1 aliphatic heterocycles. The van der Waals surface area contributed by atoms with Gasteiger partial charge in [-0.3, -0.25) is 4.79 Å². The maximum atomic E-state index is 13.0. The van der Waals surface area contributed by atoms with E-state index in [0.29, 0.717) is 11.5 Å². The number of para-hydroxylation sites is 3. The molecule has 2 aromatic carbocycles. The molecule has 10 heteroatoms. The fourth-order valence-corrected chi connectivity index (χ4v) is 2.65. The van der Waals surface area contributed by atoms with Gasteiger partial charge in [0.2, 0.25) is 6.10 Å². The Kier molecular flexibility index (Phi) is 5.64. The molecule has 1 aliphatic rings. The second-order valence-electron chi connectivity index (χ2n) is 5.68. The van der Waals surface area contributed by atoms with E-state index in [-0.39, 0.29) is 11.6 Å². The number of ether oxygens (including phenoxy) is 3. The first-order valence-corrected chi connectivity index (χ1v) is 8.34. The lowest BCUT2D eigenvalue weighted by molar-refractivity contribution is -0.156. The normalized spacial score (nSPS) is 15.6. The molecule has 0 fully saturated rings. The number of fused-ring (bicyclic) bond motifs is 1. The van der Waals surface area contributed by atoms with Crippen LogP contribution < -0.4 is 14.8 Å². The number of hydrogen-bond donors (Lipinski definition) is 1. The molecule has 6 nitrogen and oxygen atoms in total. The molecule has 1 amide bonds. The van der Waals surface area contributed by atoms with Crippen LogP contribution in [0.3, 0.4) is 0 Å². The highest BCUT2D eigenvalue weighted by molar-refractivity contribution is 6.34. The Morgan fingerprint density at radius 3 is 2.57 bits per heavy atom. The summed E-state index contributed by atoms with van der Waals surface area (Å²) in [6.45, 7) is -0.941. The van der Waals surface area contributed by atoms with Gasteiger partial charge in [-0.25, -0.2) is 4.79 Å². The Hall–Kier alpha value is -2.94. The Morgan fingerprint density at radius 1 is 1.14 bits per heavy atom. The number of amides is 1. The molecule has 148 valence electrons. The lowest BCUT2D eigenvalue weighted by Crippen LogP contribution is -2.39. The Balaban J connectivity index is 1.59. The van der Waals surface area contributed by atoms with Gasteiger partial charge in [0.1, 0.15) is 6.61 Å². The van der Waals surface area contributed by atoms with Crippen molar-refractivity contribution in [3.05, 3.63) is 53.1 Å². The fourth-order valence-electron chi connectivity index (χ4n) is 2.43. The van der Waals surface area contributed by atoms with Crippen LogP contribution in [0, 0.1) is 0 Å². The smallest absolute Gasteiger partial charge is 0.418 e. The summed E-state index contributed by atoms with van der Waals surface area (Å²) in [5, 5.41) is 1.72. The summed E-state index contributed by atoms with van der Waals surface area (Å²) in [6, 6.07) is 9.75. The van der Waals surface area contributed by atoms with Gasteiger partial charge in [0.25, 0.3) is 5.91 Å². The highest BCUT2D eigenvalue weighted by Gasteiger charge is 2.35. The van der Waals surface area contributed by atoms with E-state index >= 15 is 0 Å². The molecule has 0 saturated heterocycles. The van der Waals surface area contributed by atoms with E-state index in [4.69, 9.17) is 25.8 Å². The van der Waals surface area contributed by atoms with E-state index in [1.54, 1.807) is 24.3 Å². The van der Waals surface area contributed by atoms with Gasteiger partial charge in [0.15, 0.2) is 18.1 Å². The lowest BCUT2D eigenvalue weighted by atomic mass is 10.1. The molecule has 0 bridgehead atoms. The maximum Gasteiger partial charge on any atom is 0.418 e. The minimum absolute atomic E-state index is 0.125. The van der Waals surface area contributed by atoms with Gasteiger partial charge < -0.3 is 19.5 Å². The van der Waals surface area contributed by atoms with Crippen molar-refractivity contribution in [1.82, 2.24) is 0 Å². The molecule has 0 spiro atoms. The number of benzene rings is 2. The molecule has 3 rings (SSSR count). The quantitative estimate of drug-likeness (QED) is 0.771. The fraction of sp³-hybridized carbons (Fsp3) is 0.222. The number of halogens is 4. The van der Waals surface area contributed by atoms with E-state index in [0.717, 1.165) is 12.1 Å². The summed E-state index contributed by atoms with van der Waals surface area (Å²) in [6.07, 6.45) is -5.82. The summed E-state index contributed by atoms with van der Waals surface area (Å²) < 4.78 is 54.7. The third-order valence-electron chi connectivity index (χ3n) is 3.70. The molecular formula is C18H13ClF3NO5. The summed E-state index contributed by atoms with van der Waals surface area (Å²) in [5.41, 5.74) is -1.72. The standard InChI is InChI=1S/C18H13ClF3NO5/c19-11-5-3-4-10(18(20,21)22)16(11)23-15(24)9-27-17(25)14-8-26-12-6-1-2-7-13(12)28-14/h1-7,14H,8-9H2,(H,23,24)/t14-/m1/s1. The van der Waals surface area contributed by atoms with Crippen molar-refractivity contribution < 1.29 is 37.0 Å². The van der Waals surface area contributed by atoms with Gasteiger partial charge in [-0.15, -0.1) is 0 Å². The summed E-state index contributed by atoms with van der Waals surface area (Å²) in [7, 11) is 0. The van der Waals surface area contributed by atoms with E-state index in [1.165, 1.54) is 6.07 Å². The highest BCUT2D eigenvalue weighted by atomic mass is 35.5. The first kappa shape index (κ1) is 19.8. The van der Waals surface area contributed by atoms with Crippen molar-refractivity contribution in [2.45, 2.75) is 12.3 Å². The summed E-state index contributed by atoms with van der Waals surface area (Å²) >= 11 is 5.75. The van der Waals surface area contributed by atoms with Gasteiger partial charge in [-0.2, -0.15) is 13.2 Å². The van der Waals surface area contributed by atoms with Crippen LogP contribution in [0.5, 0.6) is 11.5 Å². The van der Waals surface area contributed by atoms with Crippen LogP contribution in [0.15, 0.2) is 42.5 Å². The Labute approximate surface area is 162 Å². The van der Waals surface area contributed by atoms with E-state index in [9.17, 15) is 22.8 Å². The highest BCUT2D eigenvalue weighted by Crippen LogP contribution is 2.38. The van der Waals surface area contributed by atoms with Crippen LogP contribution in [0.1, 0.15) is 5.56 Å². The molecule has 2 aromatic rings. The molecule has 0 radical (unpaired) electrons. The number of anilines is 1. The minimum atomic E-state index is -4.72. The molecule has 0 aliphatic carbocycles. The van der Waals surface area contributed by atoms with Gasteiger partial charge in [-0.05, 0) is 24.3 Å². The van der Waals surface area contributed by atoms with E-state index in [2.05, 4.69) is 0 Å². The molecule has 1 atom stereocenters. The number of hydrogen-bond acceptors (Lipinski definition) is 5. The SMILES string of the molecule is O=C(COC(=O)[C@H]1COc2ccccc2O1)Nc1c(Cl)cccc1C(F)(F)F. The van der Waals surface area contributed by atoms with Crippen LogP contribution in [-0.2, 0) is 20.5 Å². The van der Waals surface area contributed by atoms with Crippen LogP contribution in [0.2, 0.25) is 5.02 Å². The van der Waals surface area contributed by atoms with Gasteiger partial charge in [-0.1, -0.05) is 29.8 Å². The van der Waals surface area contributed by atoms with Gasteiger partial charge in [0, 0.05) is 0 Å². The third-order valence-corrected chi connectivity index (χ3v) is 4.02. The summed E-state index contributed by atoms with van der Waals surface area (Å²) in [5.74, 6) is -1.07. The maximum absolute atomic E-state index is 13.0. The van der Waals surface area contributed by atoms with E-state index < -0.39 is 42.0 Å². The molecule has 0 aromatic heterocycles. The first-order valence-electron chi connectivity index (χ1n) is 7.96. The molecule has 0 unspecified atom stereocenters. The monoisotopic (exact) mass is 415 g/mol. The number of carbonyl (C=O) groups is 2. The molecular weight excluding hydrogens is 403 g/mol. The average molecular weight is 416 g/mol. The van der Waals surface area contributed by atoms with Crippen molar-refractivity contribution in [3.8, 4) is 11.5 Å². The zero-order valence-corrected chi connectivity index (χ0v) is 14.8. The predicted octanol–water partition coefficient (Wildman–Crippen LogP) is 3.68. The van der Waals surface area contributed by atoms with Crippen molar-refractivity contribution in [3.63, 3.8) is 0 Å². The zero-order chi connectivity index (χ0) is 20.3. The number of carbonyl (C=O) groups excluding carboxylic acids is 2. The molecule has 1 N–H and O–H groups in total. The van der Waals surface area contributed by atoms with E-state index in [1.807, 2.05) is 5.32 Å². The largest absolute Gasteiger partial charge is 0.485 e. The van der Waals surface area contributed by atoms with Crippen LogP contribution >= 0.6 is 11.6 Å². The predicted molar refractivity (Wildman–Crippen MR) is 92.4 cm³/mol. The molecule has 1 heterocycles. The second kappa shape index (κ2) is 7.97. The van der Waals surface area contributed by atoms with Crippen molar-refractivity contribution >= 4 is 29.2 Å². The second-order valence-corrected chi connectivity index (χ2v) is 6.09. The topological polar surface area (TPSA) is 73.9 Å². The van der Waals surface area contributed by atoms with Crippen molar-refractivity contribution in [2.75, 3.05) is 18.5 Å². The average Bonchev–Trinajstić information content (AvgIpc) is 2.66. The number of esters is 1. The minimum Gasteiger partial charge on any atom is -0.485 e. The van der Waals surface area contributed by atoms with Crippen molar-refractivity contribution in [2.24, 2.45) is 0 Å². The number of nitrogens with one attached hydrogen (secondary N) is 1. The lowest BCUT2D eigenvalue weighted by Gasteiger charge is -2.24. The molecule has 0 saturated carbocycles. The Bertz CT molecular complexity index is 903. The number of alkyl halides is 3. The Morgan fingerprint density at radius 2 is 1.86 bits per heavy atom.